The van der Waals surface area contributed by atoms with Crippen molar-refractivity contribution in [1.82, 2.24) is 10.2 Å². The van der Waals surface area contributed by atoms with Gasteiger partial charge in [0.15, 0.2) is 0 Å². The Morgan fingerprint density at radius 2 is 2.14 bits per heavy atom. The van der Waals surface area contributed by atoms with Gasteiger partial charge in [-0.05, 0) is 25.8 Å². The van der Waals surface area contributed by atoms with Crippen LogP contribution < -0.4 is 5.32 Å². The smallest absolute Gasteiger partial charge is 0.222 e. The zero-order valence-corrected chi connectivity index (χ0v) is 9.71. The molecule has 1 heterocycles. The van der Waals surface area contributed by atoms with E-state index in [0.29, 0.717) is 23.8 Å². The fraction of sp³-hybridized carbons (Fsp3) is 0.909. The van der Waals surface area contributed by atoms with E-state index < -0.39 is 0 Å². The molecule has 1 aliphatic rings. The van der Waals surface area contributed by atoms with Crippen LogP contribution >= 0.6 is 0 Å². The minimum atomic E-state index is 0.325. The van der Waals surface area contributed by atoms with Crippen molar-refractivity contribution in [3.8, 4) is 0 Å². The number of hydrogen-bond acceptors (Lipinski definition) is 2. The Hall–Kier alpha value is -0.570. The molecule has 3 nitrogen and oxygen atoms in total. The summed E-state index contributed by atoms with van der Waals surface area (Å²) in [5.74, 6) is 1.51. The molecule has 1 N–H and O–H groups in total. The van der Waals surface area contributed by atoms with Crippen molar-refractivity contribution in [3.63, 3.8) is 0 Å². The van der Waals surface area contributed by atoms with Crippen molar-refractivity contribution < 1.29 is 4.79 Å². The lowest BCUT2D eigenvalue weighted by molar-refractivity contribution is -0.128. The summed E-state index contributed by atoms with van der Waals surface area (Å²) in [5.41, 5.74) is 0. The van der Waals surface area contributed by atoms with Crippen molar-refractivity contribution in [2.24, 2.45) is 11.8 Å². The number of amides is 1. The maximum absolute atomic E-state index is 11.6. The summed E-state index contributed by atoms with van der Waals surface area (Å²) in [5, 5.41) is 3.16. The highest BCUT2D eigenvalue weighted by Crippen LogP contribution is 2.24. The third-order valence-corrected chi connectivity index (χ3v) is 3.17. The van der Waals surface area contributed by atoms with Gasteiger partial charge in [-0.2, -0.15) is 0 Å². The number of carbonyl (C=O) groups excluding carboxylic acids is 1. The first-order valence-electron chi connectivity index (χ1n) is 5.49. The molecule has 0 spiro atoms. The van der Waals surface area contributed by atoms with Crippen molar-refractivity contribution in [2.45, 2.75) is 33.2 Å². The lowest BCUT2D eigenvalue weighted by Gasteiger charge is -2.21. The molecule has 1 aliphatic heterocycles. The highest BCUT2D eigenvalue weighted by molar-refractivity contribution is 5.78. The highest BCUT2D eigenvalue weighted by Gasteiger charge is 2.31. The van der Waals surface area contributed by atoms with Gasteiger partial charge >= 0.3 is 0 Å². The number of carbonyl (C=O) groups is 1. The fourth-order valence-corrected chi connectivity index (χ4v) is 1.85. The van der Waals surface area contributed by atoms with E-state index in [1.165, 1.54) is 0 Å². The Morgan fingerprint density at radius 1 is 1.50 bits per heavy atom. The van der Waals surface area contributed by atoms with Crippen molar-refractivity contribution in [3.05, 3.63) is 0 Å². The molecule has 3 heteroatoms. The summed E-state index contributed by atoms with van der Waals surface area (Å²) < 4.78 is 0. The van der Waals surface area contributed by atoms with Crippen LogP contribution in [0.2, 0.25) is 0 Å². The molecule has 0 aromatic rings. The molecule has 0 aromatic heterocycles. The van der Waals surface area contributed by atoms with E-state index >= 15 is 0 Å². The average molecular weight is 198 g/mol. The second-order valence-corrected chi connectivity index (χ2v) is 4.70. The van der Waals surface area contributed by atoms with Crippen molar-refractivity contribution in [1.29, 1.82) is 0 Å². The molecule has 1 saturated heterocycles. The van der Waals surface area contributed by atoms with Gasteiger partial charge in [0, 0.05) is 25.6 Å². The Bertz CT molecular complexity index is 203. The van der Waals surface area contributed by atoms with Crippen LogP contribution in [0.5, 0.6) is 0 Å². The second kappa shape index (κ2) is 4.78. The first-order valence-corrected chi connectivity index (χ1v) is 5.49. The summed E-state index contributed by atoms with van der Waals surface area (Å²) >= 11 is 0. The minimum absolute atomic E-state index is 0.325. The zero-order valence-electron chi connectivity index (χ0n) is 9.71. The maximum atomic E-state index is 11.6. The molecule has 0 aromatic carbocycles. The summed E-state index contributed by atoms with van der Waals surface area (Å²) in [6.07, 6.45) is 0.744. The van der Waals surface area contributed by atoms with E-state index in [2.05, 4.69) is 26.1 Å². The molecule has 0 saturated carbocycles. The van der Waals surface area contributed by atoms with E-state index in [9.17, 15) is 4.79 Å². The molecule has 1 fully saturated rings. The predicted octanol–water partition coefficient (Wildman–Crippen LogP) is 1.10. The predicted molar refractivity (Wildman–Crippen MR) is 58.0 cm³/mol. The van der Waals surface area contributed by atoms with Crippen molar-refractivity contribution in [2.75, 3.05) is 20.1 Å². The van der Waals surface area contributed by atoms with Gasteiger partial charge in [-0.3, -0.25) is 4.79 Å². The van der Waals surface area contributed by atoms with Gasteiger partial charge in [-0.1, -0.05) is 13.8 Å². The van der Waals surface area contributed by atoms with Crippen LogP contribution in [0.1, 0.15) is 27.2 Å². The number of likely N-dealkylation sites (N-methyl/N-ethyl adjacent to an activating group) is 1. The average Bonchev–Trinajstić information content (AvgIpc) is 2.48. The Morgan fingerprint density at radius 3 is 2.57 bits per heavy atom. The van der Waals surface area contributed by atoms with E-state index in [1.54, 1.807) is 0 Å². The van der Waals surface area contributed by atoms with Gasteiger partial charge in [-0.25, -0.2) is 0 Å². The van der Waals surface area contributed by atoms with Crippen LogP contribution in [-0.2, 0) is 4.79 Å². The molecule has 0 bridgehead atoms. The summed E-state index contributed by atoms with van der Waals surface area (Å²) in [6.45, 7) is 8.29. The van der Waals surface area contributed by atoms with Crippen molar-refractivity contribution >= 4 is 5.91 Å². The molecule has 0 aliphatic carbocycles. The van der Waals surface area contributed by atoms with Crippen LogP contribution in [0.4, 0.5) is 0 Å². The van der Waals surface area contributed by atoms with Crippen LogP contribution in [-0.4, -0.2) is 37.0 Å². The first-order chi connectivity index (χ1) is 6.54. The quantitative estimate of drug-likeness (QED) is 0.733. The van der Waals surface area contributed by atoms with Crippen LogP contribution in [0, 0.1) is 11.8 Å². The third kappa shape index (κ3) is 2.71. The van der Waals surface area contributed by atoms with Crippen LogP contribution in [0.3, 0.4) is 0 Å². The largest absolute Gasteiger partial charge is 0.341 e. The number of nitrogens with zero attached hydrogens (tertiary/aromatic N) is 1. The van der Waals surface area contributed by atoms with Crippen LogP contribution in [0.25, 0.3) is 0 Å². The second-order valence-electron chi connectivity index (χ2n) is 4.70. The van der Waals surface area contributed by atoms with Crippen LogP contribution in [0.15, 0.2) is 0 Å². The lowest BCUT2D eigenvalue weighted by Crippen LogP contribution is -2.38. The molecule has 2 atom stereocenters. The molecule has 1 rings (SSSR count). The van der Waals surface area contributed by atoms with E-state index in [0.717, 1.165) is 19.5 Å². The van der Waals surface area contributed by atoms with E-state index in [1.807, 2.05) is 11.9 Å². The third-order valence-electron chi connectivity index (χ3n) is 3.17. The standard InChI is InChI=1S/C11H22N2O/c1-8(2)10-5-11(14)13(7-10)6-9(3)12-4/h8-10,12H,5-7H2,1-4H3. The molecule has 82 valence electrons. The minimum Gasteiger partial charge on any atom is -0.341 e. The monoisotopic (exact) mass is 198 g/mol. The van der Waals surface area contributed by atoms with E-state index in [-0.39, 0.29) is 0 Å². The molecule has 2 unspecified atom stereocenters. The number of likely N-dealkylation sites (tertiary alicyclic amines) is 1. The van der Waals surface area contributed by atoms with Gasteiger partial charge in [0.05, 0.1) is 0 Å². The Kier molecular flexibility index (Phi) is 3.93. The SMILES string of the molecule is CNC(C)CN1CC(C(C)C)CC1=O. The molecular formula is C11H22N2O. The highest BCUT2D eigenvalue weighted by atomic mass is 16.2. The Balaban J connectivity index is 2.44. The molecular weight excluding hydrogens is 176 g/mol. The normalized spacial score (nSPS) is 24.8. The molecule has 1 amide bonds. The number of nitrogens with one attached hydrogen (secondary N) is 1. The van der Waals surface area contributed by atoms with E-state index in [4.69, 9.17) is 0 Å². The summed E-state index contributed by atoms with van der Waals surface area (Å²) in [4.78, 5) is 13.6. The Labute approximate surface area is 86.9 Å². The van der Waals surface area contributed by atoms with Gasteiger partial charge in [0.2, 0.25) is 5.91 Å². The fourth-order valence-electron chi connectivity index (χ4n) is 1.85. The van der Waals surface area contributed by atoms with Gasteiger partial charge in [0.1, 0.15) is 0 Å². The maximum Gasteiger partial charge on any atom is 0.222 e. The van der Waals surface area contributed by atoms with Gasteiger partial charge in [0.25, 0.3) is 0 Å². The first kappa shape index (κ1) is 11.5. The molecule has 14 heavy (non-hydrogen) atoms. The zero-order chi connectivity index (χ0) is 10.7. The summed E-state index contributed by atoms with van der Waals surface area (Å²) in [7, 11) is 1.94. The topological polar surface area (TPSA) is 32.3 Å². The van der Waals surface area contributed by atoms with Gasteiger partial charge < -0.3 is 10.2 Å². The lowest BCUT2D eigenvalue weighted by atomic mass is 9.95. The number of hydrogen-bond donors (Lipinski definition) is 1. The molecule has 0 radical (unpaired) electrons. The van der Waals surface area contributed by atoms with Gasteiger partial charge in [-0.15, -0.1) is 0 Å². The number of rotatable bonds is 4. The summed E-state index contributed by atoms with van der Waals surface area (Å²) in [6, 6.07) is 0.393.